The van der Waals surface area contributed by atoms with Gasteiger partial charge in [0.15, 0.2) is 0 Å². The molecule has 86 valence electrons. The molecule has 0 saturated heterocycles. The molecule has 0 aliphatic carbocycles. The smallest absolute Gasteiger partial charge is 0.335 e. The third-order valence-electron chi connectivity index (χ3n) is 2.15. The van der Waals surface area contributed by atoms with Gasteiger partial charge in [-0.05, 0) is 24.2 Å². The average Bonchev–Trinajstić information content (AvgIpc) is 2.25. The van der Waals surface area contributed by atoms with Crippen LogP contribution < -0.4 is 5.32 Å². The van der Waals surface area contributed by atoms with Gasteiger partial charge in [0.1, 0.15) is 6.04 Å². The Labute approximate surface area is 92.7 Å². The molecule has 0 radical (unpaired) electrons. The number of benzene rings is 1. The maximum absolute atomic E-state index is 10.9. The van der Waals surface area contributed by atoms with Gasteiger partial charge in [0, 0.05) is 0 Å². The van der Waals surface area contributed by atoms with Gasteiger partial charge in [-0.15, -0.1) is 0 Å². The number of carboxylic acids is 2. The molecular weight excluding hydrogens is 210 g/mol. The molecule has 0 amide bonds. The number of aromatic carboxylic acids is 1. The number of aliphatic carboxylic acids is 1. The molecule has 1 unspecified atom stereocenters. The maximum Gasteiger partial charge on any atom is 0.335 e. The Balaban J connectivity index is 2.94. The van der Waals surface area contributed by atoms with Crippen molar-refractivity contribution in [2.75, 3.05) is 6.54 Å². The number of carbonyl (C=O) groups is 2. The number of hydrogen-bond acceptors (Lipinski definition) is 3. The first-order chi connectivity index (χ1) is 7.56. The summed E-state index contributed by atoms with van der Waals surface area (Å²) >= 11 is 0. The second kappa shape index (κ2) is 5.27. The van der Waals surface area contributed by atoms with Gasteiger partial charge >= 0.3 is 11.9 Å². The summed E-state index contributed by atoms with van der Waals surface area (Å²) in [6.07, 6.45) is 0. The van der Waals surface area contributed by atoms with Crippen molar-refractivity contribution >= 4 is 11.9 Å². The van der Waals surface area contributed by atoms with Crippen molar-refractivity contribution in [2.45, 2.75) is 13.0 Å². The minimum Gasteiger partial charge on any atom is -0.480 e. The lowest BCUT2D eigenvalue weighted by Crippen LogP contribution is -2.28. The topological polar surface area (TPSA) is 86.6 Å². The van der Waals surface area contributed by atoms with Crippen molar-refractivity contribution < 1.29 is 19.8 Å². The van der Waals surface area contributed by atoms with Gasteiger partial charge in [-0.25, -0.2) is 4.79 Å². The molecule has 0 heterocycles. The summed E-state index contributed by atoms with van der Waals surface area (Å²) in [4.78, 5) is 21.5. The molecule has 0 spiro atoms. The summed E-state index contributed by atoms with van der Waals surface area (Å²) in [6.45, 7) is 2.33. The summed E-state index contributed by atoms with van der Waals surface area (Å²) < 4.78 is 0. The van der Waals surface area contributed by atoms with E-state index in [2.05, 4.69) is 5.32 Å². The molecule has 0 saturated carbocycles. The van der Waals surface area contributed by atoms with Crippen LogP contribution in [0.4, 0.5) is 0 Å². The monoisotopic (exact) mass is 223 g/mol. The normalized spacial score (nSPS) is 12.1. The lowest BCUT2D eigenvalue weighted by atomic mass is 10.0. The van der Waals surface area contributed by atoms with Crippen LogP contribution in [0.2, 0.25) is 0 Å². The van der Waals surface area contributed by atoms with E-state index < -0.39 is 18.0 Å². The van der Waals surface area contributed by atoms with Crippen molar-refractivity contribution in [1.29, 1.82) is 0 Å². The summed E-state index contributed by atoms with van der Waals surface area (Å²) in [5.41, 5.74) is 0.684. The van der Waals surface area contributed by atoms with Gasteiger partial charge in [0.2, 0.25) is 0 Å². The molecule has 1 atom stereocenters. The van der Waals surface area contributed by atoms with E-state index in [9.17, 15) is 9.59 Å². The van der Waals surface area contributed by atoms with Crippen molar-refractivity contribution in [2.24, 2.45) is 0 Å². The molecule has 5 nitrogen and oxygen atoms in total. The summed E-state index contributed by atoms with van der Waals surface area (Å²) in [6, 6.07) is 5.00. The van der Waals surface area contributed by atoms with Gasteiger partial charge in [-0.1, -0.05) is 19.1 Å². The van der Waals surface area contributed by atoms with Crippen LogP contribution in [0.5, 0.6) is 0 Å². The van der Waals surface area contributed by atoms with E-state index in [0.29, 0.717) is 12.1 Å². The van der Waals surface area contributed by atoms with Gasteiger partial charge in [0.25, 0.3) is 0 Å². The Kier molecular flexibility index (Phi) is 4.02. The van der Waals surface area contributed by atoms with Crippen LogP contribution in [0.3, 0.4) is 0 Å². The first-order valence-electron chi connectivity index (χ1n) is 4.85. The largest absolute Gasteiger partial charge is 0.480 e. The summed E-state index contributed by atoms with van der Waals surface area (Å²) in [7, 11) is 0. The quantitative estimate of drug-likeness (QED) is 0.696. The highest BCUT2D eigenvalue weighted by atomic mass is 16.4. The molecule has 1 aromatic rings. The van der Waals surface area contributed by atoms with E-state index in [0.717, 1.165) is 0 Å². The number of carboxylic acid groups (broad SMARTS) is 2. The Bertz CT molecular complexity index is 385. The van der Waals surface area contributed by atoms with E-state index in [4.69, 9.17) is 10.2 Å². The lowest BCUT2D eigenvalue weighted by molar-refractivity contribution is -0.139. The molecule has 16 heavy (non-hydrogen) atoms. The number of hydrogen-bond donors (Lipinski definition) is 3. The van der Waals surface area contributed by atoms with Gasteiger partial charge in [-0.3, -0.25) is 4.79 Å². The Hall–Kier alpha value is -1.88. The van der Waals surface area contributed by atoms with Crippen molar-refractivity contribution in [1.82, 2.24) is 5.32 Å². The fourth-order valence-electron chi connectivity index (χ4n) is 1.37. The minimum absolute atomic E-state index is 0.143. The zero-order valence-corrected chi connectivity index (χ0v) is 8.80. The van der Waals surface area contributed by atoms with Crippen LogP contribution in [0.25, 0.3) is 0 Å². The van der Waals surface area contributed by atoms with E-state index in [1.54, 1.807) is 0 Å². The highest BCUT2D eigenvalue weighted by Gasteiger charge is 2.18. The highest BCUT2D eigenvalue weighted by Crippen LogP contribution is 2.14. The Morgan fingerprint density at radius 1 is 1.25 bits per heavy atom. The van der Waals surface area contributed by atoms with Crippen LogP contribution in [0.15, 0.2) is 24.3 Å². The molecule has 0 aliphatic rings. The third kappa shape index (κ3) is 2.80. The van der Waals surface area contributed by atoms with Gasteiger partial charge in [0.05, 0.1) is 5.56 Å². The first kappa shape index (κ1) is 12.2. The van der Waals surface area contributed by atoms with E-state index in [1.807, 2.05) is 6.92 Å². The molecular formula is C11H13NO4. The maximum atomic E-state index is 10.9. The highest BCUT2D eigenvalue weighted by molar-refractivity contribution is 5.87. The van der Waals surface area contributed by atoms with E-state index in [-0.39, 0.29) is 5.56 Å². The minimum atomic E-state index is -1.03. The zero-order chi connectivity index (χ0) is 12.1. The van der Waals surface area contributed by atoms with Crippen LogP contribution in [0, 0.1) is 0 Å². The number of nitrogens with one attached hydrogen (secondary N) is 1. The van der Waals surface area contributed by atoms with Crippen molar-refractivity contribution in [3.05, 3.63) is 35.4 Å². The van der Waals surface area contributed by atoms with E-state index in [1.165, 1.54) is 24.3 Å². The van der Waals surface area contributed by atoms with Crippen molar-refractivity contribution in [3.63, 3.8) is 0 Å². The molecule has 1 aromatic carbocycles. The Morgan fingerprint density at radius 3 is 2.19 bits per heavy atom. The third-order valence-corrected chi connectivity index (χ3v) is 2.15. The molecule has 0 aromatic heterocycles. The molecule has 5 heteroatoms. The van der Waals surface area contributed by atoms with Crippen LogP contribution in [0.1, 0.15) is 28.9 Å². The fraction of sp³-hybridized carbons (Fsp3) is 0.273. The van der Waals surface area contributed by atoms with Crippen molar-refractivity contribution in [3.8, 4) is 0 Å². The lowest BCUT2D eigenvalue weighted by Gasteiger charge is -2.13. The summed E-state index contributed by atoms with van der Waals surface area (Å²) in [5, 5.41) is 20.5. The number of rotatable bonds is 5. The van der Waals surface area contributed by atoms with E-state index >= 15 is 0 Å². The van der Waals surface area contributed by atoms with Crippen LogP contribution in [-0.2, 0) is 4.79 Å². The van der Waals surface area contributed by atoms with Gasteiger partial charge in [-0.2, -0.15) is 0 Å². The molecule has 1 rings (SSSR count). The molecule has 0 bridgehead atoms. The standard InChI is InChI=1S/C11H13NO4/c1-2-12-9(11(15)16)7-3-5-8(6-4-7)10(13)14/h3-6,9,12H,2H2,1H3,(H,13,14)(H,15,16). The van der Waals surface area contributed by atoms with Gasteiger partial charge < -0.3 is 15.5 Å². The van der Waals surface area contributed by atoms with Crippen LogP contribution >= 0.6 is 0 Å². The predicted octanol–water partition coefficient (Wildman–Crippen LogP) is 1.12. The fourth-order valence-corrected chi connectivity index (χ4v) is 1.37. The molecule has 3 N–H and O–H groups in total. The average molecular weight is 223 g/mol. The zero-order valence-electron chi connectivity index (χ0n) is 8.80. The first-order valence-corrected chi connectivity index (χ1v) is 4.85. The summed E-state index contributed by atoms with van der Waals surface area (Å²) in [5.74, 6) is -2.01. The number of likely N-dealkylation sites (N-methyl/N-ethyl adjacent to an activating group) is 1. The second-order valence-corrected chi connectivity index (χ2v) is 3.26. The molecule has 0 aliphatic heterocycles. The predicted molar refractivity (Wildman–Crippen MR) is 57.5 cm³/mol. The molecule has 0 fully saturated rings. The SMILES string of the molecule is CCNC(C(=O)O)c1ccc(C(=O)O)cc1. The van der Waals surface area contributed by atoms with Crippen LogP contribution in [-0.4, -0.2) is 28.7 Å². The Morgan fingerprint density at radius 2 is 1.81 bits per heavy atom. The second-order valence-electron chi connectivity index (χ2n) is 3.26.